The molecule has 12 heteroatoms. The fourth-order valence-electron chi connectivity index (χ4n) is 4.81. The molecule has 1 aliphatic heterocycles. The molecule has 3 rings (SSSR count). The highest BCUT2D eigenvalue weighted by molar-refractivity contribution is 5.98. The van der Waals surface area contributed by atoms with E-state index in [0.29, 0.717) is 32.3 Å². The number of pyridine rings is 1. The highest BCUT2D eigenvalue weighted by atomic mass is 19.1. The van der Waals surface area contributed by atoms with E-state index >= 15 is 0 Å². The van der Waals surface area contributed by atoms with E-state index in [1.807, 2.05) is 0 Å². The molecule has 0 bridgehead atoms. The highest BCUT2D eigenvalue weighted by Crippen LogP contribution is 2.31. The van der Waals surface area contributed by atoms with E-state index in [-0.39, 0.29) is 42.1 Å². The molecule has 1 fully saturated rings. The van der Waals surface area contributed by atoms with E-state index in [1.54, 1.807) is 32.1 Å². The lowest BCUT2D eigenvalue weighted by atomic mass is 9.87. The molecule has 0 radical (unpaired) electrons. The number of hydrogen-bond acceptors (Lipinski definition) is 10. The Kier molecular flexibility index (Phi) is 13.4. The summed E-state index contributed by atoms with van der Waals surface area (Å²) in [6.07, 6.45) is 3.99. The average molecular weight is 603 g/mol. The van der Waals surface area contributed by atoms with E-state index < -0.39 is 42.9 Å². The molecule has 1 aromatic heterocycles. The third kappa shape index (κ3) is 10.0. The number of amides is 1. The zero-order chi connectivity index (χ0) is 31.2. The van der Waals surface area contributed by atoms with Crippen molar-refractivity contribution >= 4 is 17.8 Å². The topological polar surface area (TPSA) is 132 Å². The Morgan fingerprint density at radius 2 is 1.98 bits per heavy atom. The molecule has 43 heavy (non-hydrogen) atoms. The molecular weight excluding hydrogens is 563 g/mol. The van der Waals surface area contributed by atoms with Crippen LogP contribution in [-0.2, 0) is 35.0 Å². The lowest BCUT2D eigenvalue weighted by molar-refractivity contribution is -0.160. The van der Waals surface area contributed by atoms with E-state index in [1.165, 1.54) is 31.5 Å². The van der Waals surface area contributed by atoms with Crippen LogP contribution in [0.5, 0.6) is 11.5 Å². The fourth-order valence-corrected chi connectivity index (χ4v) is 4.81. The van der Waals surface area contributed by atoms with Crippen molar-refractivity contribution in [1.82, 2.24) is 10.3 Å². The molecule has 1 saturated heterocycles. The summed E-state index contributed by atoms with van der Waals surface area (Å²) in [5.74, 6) is -2.22. The predicted octanol–water partition coefficient (Wildman–Crippen LogP) is 3.79. The molecule has 0 spiro atoms. The predicted molar refractivity (Wildman–Crippen MR) is 153 cm³/mol. The summed E-state index contributed by atoms with van der Waals surface area (Å²) in [6.45, 7) is 7.05. The maximum Gasteiger partial charge on any atom is 0.334 e. The van der Waals surface area contributed by atoms with Crippen molar-refractivity contribution in [2.24, 2.45) is 5.92 Å². The third-order valence-corrected chi connectivity index (χ3v) is 6.86. The average Bonchev–Trinajstić information content (AvgIpc) is 3.04. The van der Waals surface area contributed by atoms with E-state index in [4.69, 9.17) is 28.4 Å². The molecule has 0 unspecified atom stereocenters. The number of carbonyl (C=O) groups excluding carboxylic acids is 3. The van der Waals surface area contributed by atoms with Crippen LogP contribution in [0, 0.1) is 11.7 Å². The molecule has 4 atom stereocenters. The first-order chi connectivity index (χ1) is 20.8. The lowest BCUT2D eigenvalue weighted by Gasteiger charge is -2.31. The Labute approximate surface area is 250 Å². The van der Waals surface area contributed by atoms with Crippen LogP contribution in [0.4, 0.5) is 4.39 Å². The minimum Gasteiger partial charge on any atom is -0.493 e. The van der Waals surface area contributed by atoms with Crippen molar-refractivity contribution in [3.8, 4) is 11.5 Å². The molecule has 2 aromatic rings. The maximum atomic E-state index is 13.5. The number of methoxy groups -OCH3 is 1. The lowest BCUT2D eigenvalue weighted by Crippen LogP contribution is -2.44. The van der Waals surface area contributed by atoms with Crippen molar-refractivity contribution in [2.75, 3.05) is 33.7 Å². The number of halogens is 1. The Morgan fingerprint density at radius 3 is 2.67 bits per heavy atom. The van der Waals surface area contributed by atoms with Gasteiger partial charge in [0.2, 0.25) is 6.79 Å². The first kappa shape index (κ1) is 33.5. The first-order valence-electron chi connectivity index (χ1n) is 14.1. The van der Waals surface area contributed by atoms with Crippen molar-refractivity contribution in [3.63, 3.8) is 0 Å². The van der Waals surface area contributed by atoms with Gasteiger partial charge in [-0.05, 0) is 56.7 Å². The molecule has 1 aliphatic rings. The van der Waals surface area contributed by atoms with Crippen LogP contribution < -0.4 is 14.8 Å². The largest absolute Gasteiger partial charge is 0.493 e. The first-order valence-corrected chi connectivity index (χ1v) is 14.1. The van der Waals surface area contributed by atoms with Crippen molar-refractivity contribution in [2.45, 2.75) is 57.8 Å². The number of benzene rings is 1. The number of nitrogens with zero attached hydrogens (tertiary/aromatic N) is 1. The van der Waals surface area contributed by atoms with E-state index in [0.717, 1.165) is 5.56 Å². The van der Waals surface area contributed by atoms with Crippen molar-refractivity contribution < 1.29 is 47.2 Å². The van der Waals surface area contributed by atoms with Crippen molar-refractivity contribution in [3.05, 3.63) is 66.3 Å². The minimum absolute atomic E-state index is 0.0480. The Morgan fingerprint density at radius 1 is 1.21 bits per heavy atom. The molecule has 2 heterocycles. The second-order valence-corrected chi connectivity index (χ2v) is 9.88. The number of cyclic esters (lactones) is 1. The Hall–Kier alpha value is -4.03. The molecule has 0 saturated carbocycles. The molecule has 11 nitrogen and oxygen atoms in total. The number of carbonyl (C=O) groups is 3. The number of ether oxygens (including phenoxy) is 6. The normalized spacial score (nSPS) is 20.5. The molecule has 234 valence electrons. The van der Waals surface area contributed by atoms with Crippen LogP contribution >= 0.6 is 0 Å². The van der Waals surface area contributed by atoms with Gasteiger partial charge in [-0.25, -0.2) is 19.0 Å². The summed E-state index contributed by atoms with van der Waals surface area (Å²) in [5.41, 5.74) is 0.767. The van der Waals surface area contributed by atoms with Crippen LogP contribution in [0.2, 0.25) is 0 Å². The van der Waals surface area contributed by atoms with Gasteiger partial charge in [0.25, 0.3) is 5.91 Å². The smallest absolute Gasteiger partial charge is 0.334 e. The van der Waals surface area contributed by atoms with Crippen LogP contribution in [0.15, 0.2) is 49.2 Å². The van der Waals surface area contributed by atoms with Gasteiger partial charge in [0.15, 0.2) is 17.2 Å². The van der Waals surface area contributed by atoms with Gasteiger partial charge in [0.1, 0.15) is 24.6 Å². The van der Waals surface area contributed by atoms with Gasteiger partial charge in [-0.3, -0.25) is 4.79 Å². The van der Waals surface area contributed by atoms with Gasteiger partial charge in [0.05, 0.1) is 19.8 Å². The van der Waals surface area contributed by atoms with Crippen LogP contribution in [0.3, 0.4) is 0 Å². The minimum atomic E-state index is -0.982. The van der Waals surface area contributed by atoms with E-state index in [9.17, 15) is 18.8 Å². The summed E-state index contributed by atoms with van der Waals surface area (Å²) in [7, 11) is 1.38. The highest BCUT2D eigenvalue weighted by Gasteiger charge is 2.35. The maximum absolute atomic E-state index is 13.5. The summed E-state index contributed by atoms with van der Waals surface area (Å²) in [6, 6.07) is 6.78. The number of nitrogens with one attached hydrogen (secondary N) is 1. The fraction of sp³-hybridized carbons (Fsp3) is 0.484. The van der Waals surface area contributed by atoms with Gasteiger partial charge in [-0.2, -0.15) is 0 Å². The van der Waals surface area contributed by atoms with Gasteiger partial charge in [0, 0.05) is 18.9 Å². The van der Waals surface area contributed by atoms with Gasteiger partial charge >= 0.3 is 11.9 Å². The molecule has 0 aliphatic carbocycles. The monoisotopic (exact) mass is 602 g/mol. The Balaban J connectivity index is 1.75. The standard InChI is InChI=1S/C31H39FN2O9/c1-5-16-40-28-20(3)43-31(37)24(9-7-8-22(28)17-21-10-12-23(32)13-11-21)34-30(36)27-29(25(38-4)14-15-33-27)42-19-41-26(35)18-39-6-2/h5,10-15,20,22,24,28H,1,6-9,16-19H2,2-4H3,(H,34,36)/t20-,22+,24-,28-/m0/s1. The number of aromatic nitrogens is 1. The second-order valence-electron chi connectivity index (χ2n) is 9.88. The number of hydrogen-bond donors (Lipinski definition) is 1. The SMILES string of the molecule is C=CCO[C@@H]1[C@@H](Cc2ccc(F)cc2)CCC[C@H](NC(=O)c2nccc(OC)c2OCOC(=O)COCC)C(=O)O[C@H]1C. The van der Waals surface area contributed by atoms with E-state index in [2.05, 4.69) is 16.9 Å². The van der Waals surface area contributed by atoms with Crippen LogP contribution in [0.1, 0.15) is 49.2 Å². The third-order valence-electron chi connectivity index (χ3n) is 6.86. The zero-order valence-electron chi connectivity index (χ0n) is 24.7. The van der Waals surface area contributed by atoms with Crippen LogP contribution in [0.25, 0.3) is 0 Å². The molecular formula is C31H39FN2O9. The Bertz CT molecular complexity index is 1220. The second kappa shape index (κ2) is 17.2. The summed E-state index contributed by atoms with van der Waals surface area (Å²) in [5, 5.41) is 2.71. The zero-order valence-corrected chi connectivity index (χ0v) is 24.7. The van der Waals surface area contributed by atoms with Gasteiger partial charge in [-0.1, -0.05) is 24.6 Å². The van der Waals surface area contributed by atoms with Gasteiger partial charge in [-0.15, -0.1) is 6.58 Å². The number of esters is 2. The summed E-state index contributed by atoms with van der Waals surface area (Å²) >= 11 is 0. The van der Waals surface area contributed by atoms with Crippen molar-refractivity contribution in [1.29, 1.82) is 0 Å². The molecule has 1 amide bonds. The molecule has 1 aromatic carbocycles. The summed E-state index contributed by atoms with van der Waals surface area (Å²) in [4.78, 5) is 42.5. The van der Waals surface area contributed by atoms with Gasteiger partial charge < -0.3 is 33.7 Å². The quantitative estimate of drug-likeness (QED) is 0.194. The molecule has 1 N–H and O–H groups in total. The number of rotatable bonds is 14. The van der Waals surface area contributed by atoms with Crippen LogP contribution in [-0.4, -0.2) is 74.8 Å². The summed E-state index contributed by atoms with van der Waals surface area (Å²) < 4.78 is 46.2.